The number of aromatic nitrogens is 2. The monoisotopic (exact) mass is 332 g/mol. The number of hydrogen-bond donors (Lipinski definition) is 0. The summed E-state index contributed by atoms with van der Waals surface area (Å²) in [7, 11) is 2.01. The van der Waals surface area contributed by atoms with Crippen LogP contribution in [0.4, 0.5) is 0 Å². The highest BCUT2D eigenvalue weighted by Gasteiger charge is 2.31. The number of aryl methyl sites for hydroxylation is 1. The van der Waals surface area contributed by atoms with E-state index in [2.05, 4.69) is 21.7 Å². The quantitative estimate of drug-likeness (QED) is 0.804. The second kappa shape index (κ2) is 8.15. The van der Waals surface area contributed by atoms with Crippen LogP contribution in [0.3, 0.4) is 0 Å². The van der Waals surface area contributed by atoms with Crippen molar-refractivity contribution in [1.29, 1.82) is 0 Å². The van der Waals surface area contributed by atoms with E-state index in [4.69, 9.17) is 0 Å². The first-order valence-electron chi connectivity index (χ1n) is 9.68. The van der Waals surface area contributed by atoms with E-state index in [1.54, 1.807) is 0 Å². The molecule has 0 bridgehead atoms. The van der Waals surface area contributed by atoms with Gasteiger partial charge in [-0.1, -0.05) is 26.2 Å². The zero-order valence-electron chi connectivity index (χ0n) is 15.3. The molecule has 0 N–H and O–H groups in total. The topological polar surface area (TPSA) is 41.4 Å². The first-order chi connectivity index (χ1) is 11.7. The number of hydrogen-bond acceptors (Lipinski definition) is 3. The Kier molecular flexibility index (Phi) is 5.93. The normalized spacial score (nSPS) is 22.8. The van der Waals surface area contributed by atoms with Crippen LogP contribution < -0.4 is 0 Å². The van der Waals surface area contributed by atoms with E-state index in [0.717, 1.165) is 31.8 Å². The van der Waals surface area contributed by atoms with E-state index in [1.165, 1.54) is 38.6 Å². The first-order valence-corrected chi connectivity index (χ1v) is 9.68. The van der Waals surface area contributed by atoms with Gasteiger partial charge < -0.3 is 9.47 Å². The van der Waals surface area contributed by atoms with Crippen molar-refractivity contribution in [2.75, 3.05) is 19.6 Å². The van der Waals surface area contributed by atoms with Crippen molar-refractivity contribution in [3.05, 3.63) is 18.2 Å². The van der Waals surface area contributed by atoms with Crippen molar-refractivity contribution in [2.45, 2.75) is 64.5 Å². The summed E-state index contributed by atoms with van der Waals surface area (Å²) in [6, 6.07) is 0.516. The maximum atomic E-state index is 13.2. The van der Waals surface area contributed by atoms with Crippen molar-refractivity contribution in [3.63, 3.8) is 0 Å². The predicted molar refractivity (Wildman–Crippen MR) is 95.5 cm³/mol. The second-order valence-electron chi connectivity index (χ2n) is 7.43. The van der Waals surface area contributed by atoms with Gasteiger partial charge >= 0.3 is 0 Å². The van der Waals surface area contributed by atoms with E-state index >= 15 is 0 Å². The molecule has 2 fully saturated rings. The van der Waals surface area contributed by atoms with Gasteiger partial charge in [0.15, 0.2) is 0 Å². The standard InChI is InChI=1S/C19H32N4O/c1-3-22-12-7-10-17(22)14-23(15-18-20-11-13-21(18)2)19(24)16-8-5-4-6-9-16/h11,13,16-17H,3-10,12,14-15H2,1-2H3. The van der Waals surface area contributed by atoms with Crippen molar-refractivity contribution < 1.29 is 4.79 Å². The summed E-state index contributed by atoms with van der Waals surface area (Å²) < 4.78 is 2.04. The summed E-state index contributed by atoms with van der Waals surface area (Å²) in [5.41, 5.74) is 0. The van der Waals surface area contributed by atoms with Crippen LogP contribution in [0.25, 0.3) is 0 Å². The Labute approximate surface area is 146 Å². The molecule has 1 atom stereocenters. The lowest BCUT2D eigenvalue weighted by molar-refractivity contribution is -0.138. The molecule has 1 unspecified atom stereocenters. The summed E-state index contributed by atoms with van der Waals surface area (Å²) in [6.07, 6.45) is 12.1. The van der Waals surface area contributed by atoms with Gasteiger partial charge in [-0.15, -0.1) is 0 Å². The van der Waals surface area contributed by atoms with Crippen LogP contribution in [-0.2, 0) is 18.4 Å². The maximum absolute atomic E-state index is 13.2. The van der Waals surface area contributed by atoms with Gasteiger partial charge in [-0.05, 0) is 38.8 Å². The molecule has 0 aromatic carbocycles. The molecule has 1 aromatic heterocycles. The highest BCUT2D eigenvalue weighted by Crippen LogP contribution is 2.27. The van der Waals surface area contributed by atoms with E-state index in [-0.39, 0.29) is 5.92 Å². The van der Waals surface area contributed by atoms with Crippen molar-refractivity contribution in [2.24, 2.45) is 13.0 Å². The number of likely N-dealkylation sites (tertiary alicyclic amines) is 1. The van der Waals surface area contributed by atoms with Gasteiger partial charge in [0.05, 0.1) is 6.54 Å². The SMILES string of the molecule is CCN1CCCC1CN(Cc1nccn1C)C(=O)C1CCCCC1. The number of amides is 1. The molecule has 1 aliphatic heterocycles. The molecule has 3 rings (SSSR count). The third-order valence-corrected chi connectivity index (χ3v) is 5.86. The largest absolute Gasteiger partial charge is 0.337 e. The molecule has 5 heteroatoms. The minimum absolute atomic E-state index is 0.232. The smallest absolute Gasteiger partial charge is 0.226 e. The lowest BCUT2D eigenvalue weighted by Crippen LogP contribution is -2.45. The lowest BCUT2D eigenvalue weighted by atomic mass is 9.88. The number of imidazole rings is 1. The zero-order chi connectivity index (χ0) is 16.9. The number of carbonyl (C=O) groups is 1. The van der Waals surface area contributed by atoms with Gasteiger partial charge in [-0.3, -0.25) is 9.69 Å². The van der Waals surface area contributed by atoms with Crippen LogP contribution in [0.5, 0.6) is 0 Å². The maximum Gasteiger partial charge on any atom is 0.226 e. The highest BCUT2D eigenvalue weighted by molar-refractivity contribution is 5.79. The molecule has 1 amide bonds. The van der Waals surface area contributed by atoms with E-state index in [1.807, 2.05) is 24.0 Å². The van der Waals surface area contributed by atoms with Gasteiger partial charge in [-0.25, -0.2) is 4.98 Å². The Balaban J connectivity index is 1.72. The van der Waals surface area contributed by atoms with Gasteiger partial charge in [0.1, 0.15) is 5.82 Å². The minimum Gasteiger partial charge on any atom is -0.337 e. The first kappa shape index (κ1) is 17.5. The Morgan fingerprint density at radius 1 is 1.25 bits per heavy atom. The fraction of sp³-hybridized carbons (Fsp3) is 0.789. The number of carbonyl (C=O) groups excluding carboxylic acids is 1. The number of rotatable bonds is 6. The summed E-state index contributed by atoms with van der Waals surface area (Å²) >= 11 is 0. The molecule has 5 nitrogen and oxygen atoms in total. The summed E-state index contributed by atoms with van der Waals surface area (Å²) in [6.45, 7) is 5.99. The van der Waals surface area contributed by atoms with Gasteiger partial charge in [0, 0.05) is 37.9 Å². The summed E-state index contributed by atoms with van der Waals surface area (Å²) in [4.78, 5) is 22.3. The zero-order valence-corrected chi connectivity index (χ0v) is 15.3. The third kappa shape index (κ3) is 4.00. The van der Waals surface area contributed by atoms with Crippen molar-refractivity contribution in [1.82, 2.24) is 19.4 Å². The number of nitrogens with zero attached hydrogens (tertiary/aromatic N) is 4. The van der Waals surface area contributed by atoms with E-state index in [9.17, 15) is 4.79 Å². The molecular formula is C19H32N4O. The van der Waals surface area contributed by atoms with Crippen LogP contribution in [0.1, 0.15) is 57.7 Å². The molecule has 1 aromatic rings. The Morgan fingerprint density at radius 3 is 2.71 bits per heavy atom. The van der Waals surface area contributed by atoms with Crippen LogP contribution >= 0.6 is 0 Å². The fourth-order valence-electron chi connectivity index (χ4n) is 4.33. The average molecular weight is 332 g/mol. The predicted octanol–water partition coefficient (Wildman–Crippen LogP) is 2.81. The average Bonchev–Trinajstić information content (AvgIpc) is 3.23. The summed E-state index contributed by atoms with van der Waals surface area (Å²) in [5.74, 6) is 1.58. The van der Waals surface area contributed by atoms with E-state index < -0.39 is 0 Å². The Bertz CT molecular complexity index is 535. The van der Waals surface area contributed by atoms with Crippen molar-refractivity contribution >= 4 is 5.91 Å². The molecular weight excluding hydrogens is 300 g/mol. The lowest BCUT2D eigenvalue weighted by Gasteiger charge is -2.33. The third-order valence-electron chi connectivity index (χ3n) is 5.86. The molecule has 24 heavy (non-hydrogen) atoms. The molecule has 2 heterocycles. The second-order valence-corrected chi connectivity index (χ2v) is 7.43. The van der Waals surface area contributed by atoms with Crippen LogP contribution in [0, 0.1) is 5.92 Å². The van der Waals surface area contributed by atoms with E-state index in [0.29, 0.717) is 18.5 Å². The molecule has 0 spiro atoms. The van der Waals surface area contributed by atoms with Gasteiger partial charge in [0.2, 0.25) is 5.91 Å². The molecule has 2 aliphatic rings. The van der Waals surface area contributed by atoms with Gasteiger partial charge in [-0.2, -0.15) is 0 Å². The molecule has 1 saturated carbocycles. The number of likely N-dealkylation sites (N-methyl/N-ethyl adjacent to an activating group) is 1. The van der Waals surface area contributed by atoms with Crippen LogP contribution in [0.2, 0.25) is 0 Å². The molecule has 1 saturated heterocycles. The molecule has 0 radical (unpaired) electrons. The van der Waals surface area contributed by atoms with Crippen molar-refractivity contribution in [3.8, 4) is 0 Å². The molecule has 134 valence electrons. The Morgan fingerprint density at radius 2 is 2.04 bits per heavy atom. The van der Waals surface area contributed by atoms with Crippen LogP contribution in [-0.4, -0.2) is 50.9 Å². The molecule has 1 aliphatic carbocycles. The van der Waals surface area contributed by atoms with Gasteiger partial charge in [0.25, 0.3) is 0 Å². The minimum atomic E-state index is 0.232. The Hall–Kier alpha value is -1.36. The summed E-state index contributed by atoms with van der Waals surface area (Å²) in [5, 5.41) is 0. The van der Waals surface area contributed by atoms with Crippen LogP contribution in [0.15, 0.2) is 12.4 Å². The highest BCUT2D eigenvalue weighted by atomic mass is 16.2. The fourth-order valence-corrected chi connectivity index (χ4v) is 4.33.